The molecule has 0 spiro atoms. The van der Waals surface area contributed by atoms with E-state index in [4.69, 9.17) is 5.73 Å². The largest absolute Gasteiger partial charge is 0.511 e. The summed E-state index contributed by atoms with van der Waals surface area (Å²) < 4.78 is 24.2. The second kappa shape index (κ2) is 8.50. The number of amides is 1. The molecule has 0 radical (unpaired) electrons. The van der Waals surface area contributed by atoms with Gasteiger partial charge in [0.1, 0.15) is 22.8 Å². The Hall–Kier alpha value is -4.03. The maximum Gasteiger partial charge on any atom is 0.255 e. The molecule has 1 aromatic heterocycles. The average molecular weight is 541 g/mol. The highest BCUT2D eigenvalue weighted by Crippen LogP contribution is 2.52. The van der Waals surface area contributed by atoms with Crippen molar-refractivity contribution in [1.82, 2.24) is 4.98 Å². The fourth-order valence-electron chi connectivity index (χ4n) is 5.89. The van der Waals surface area contributed by atoms with E-state index in [2.05, 4.69) is 4.98 Å². The van der Waals surface area contributed by atoms with Crippen LogP contribution in [0, 0.1) is 11.8 Å². The number of carbonyl (C=O) groups is 3. The van der Waals surface area contributed by atoms with Crippen molar-refractivity contribution in [3.63, 3.8) is 0 Å². The summed E-state index contributed by atoms with van der Waals surface area (Å²) in [6.45, 7) is 0. The molecule has 12 heteroatoms. The number of aliphatic hydroxyl groups excluding tert-OH is 2. The Morgan fingerprint density at radius 2 is 1.89 bits per heavy atom. The molecule has 1 amide bonds. The Morgan fingerprint density at radius 1 is 1.18 bits per heavy atom. The first-order chi connectivity index (χ1) is 17.8. The lowest BCUT2D eigenvalue weighted by molar-refractivity contribution is -0.144. The molecule has 2 aromatic rings. The lowest BCUT2D eigenvalue weighted by atomic mass is 9.60. The van der Waals surface area contributed by atoms with E-state index in [0.29, 0.717) is 16.8 Å². The molecule has 0 saturated carbocycles. The SMILES string of the molecule is CS(=O)(=O)Cc1cc(-c2ccccn2)c2c(c1O)C(=O)C1=C(O)[C@]3(O)C(=O)C(C(N)=O)=C(O)C[C@@H]3C[C@@H]1C2. The predicted molar refractivity (Wildman–Crippen MR) is 133 cm³/mol. The second-order valence-corrected chi connectivity index (χ2v) is 12.1. The Balaban J connectivity index is 1.75. The number of phenols is 1. The molecule has 1 aromatic carbocycles. The summed E-state index contributed by atoms with van der Waals surface area (Å²) in [5.41, 5.74) is 2.26. The van der Waals surface area contributed by atoms with Gasteiger partial charge in [0.05, 0.1) is 17.0 Å². The van der Waals surface area contributed by atoms with Gasteiger partial charge in [0.25, 0.3) is 5.91 Å². The number of rotatable bonds is 4. The lowest BCUT2D eigenvalue weighted by Gasteiger charge is -2.45. The van der Waals surface area contributed by atoms with Crippen LogP contribution < -0.4 is 5.73 Å². The van der Waals surface area contributed by atoms with Crippen LogP contribution in [-0.2, 0) is 31.6 Å². The van der Waals surface area contributed by atoms with Crippen molar-refractivity contribution in [1.29, 1.82) is 0 Å². The summed E-state index contributed by atoms with van der Waals surface area (Å²) >= 11 is 0. The van der Waals surface area contributed by atoms with E-state index >= 15 is 0 Å². The van der Waals surface area contributed by atoms with Crippen molar-refractivity contribution in [3.05, 3.63) is 69.8 Å². The molecule has 0 fully saturated rings. The number of benzene rings is 1. The van der Waals surface area contributed by atoms with Crippen molar-refractivity contribution in [2.45, 2.75) is 30.6 Å². The normalized spacial score (nSPS) is 25.1. The number of aliphatic hydroxyl groups is 3. The van der Waals surface area contributed by atoms with Crippen molar-refractivity contribution >= 4 is 27.3 Å². The van der Waals surface area contributed by atoms with Crippen molar-refractivity contribution < 1.29 is 43.2 Å². The van der Waals surface area contributed by atoms with Crippen LogP contribution in [0.15, 0.2) is 53.1 Å². The van der Waals surface area contributed by atoms with Gasteiger partial charge < -0.3 is 26.2 Å². The molecule has 0 unspecified atom stereocenters. The molecule has 3 aliphatic rings. The summed E-state index contributed by atoms with van der Waals surface area (Å²) in [6, 6.07) is 6.52. The van der Waals surface area contributed by atoms with E-state index in [1.807, 2.05) is 0 Å². The molecule has 0 aliphatic heterocycles. The fraction of sp³-hybridized carbons (Fsp3) is 0.308. The summed E-state index contributed by atoms with van der Waals surface area (Å²) in [5.74, 6) is -8.02. The highest BCUT2D eigenvalue weighted by atomic mass is 32.2. The zero-order chi connectivity index (χ0) is 27.7. The Kier molecular flexibility index (Phi) is 5.73. The Morgan fingerprint density at radius 3 is 2.50 bits per heavy atom. The number of pyridine rings is 1. The molecule has 0 saturated heterocycles. The molecule has 5 rings (SSSR count). The Labute approximate surface area is 216 Å². The topological polar surface area (TPSA) is 205 Å². The van der Waals surface area contributed by atoms with E-state index in [-0.39, 0.29) is 36.0 Å². The Bertz CT molecular complexity index is 1610. The molecular weight excluding hydrogens is 516 g/mol. The van der Waals surface area contributed by atoms with Crippen LogP contribution in [0.4, 0.5) is 0 Å². The average Bonchev–Trinajstić information content (AvgIpc) is 2.82. The van der Waals surface area contributed by atoms with E-state index in [9.17, 15) is 43.2 Å². The number of allylic oxidation sites excluding steroid dienone is 2. The van der Waals surface area contributed by atoms with E-state index < -0.39 is 73.3 Å². The first-order valence-electron chi connectivity index (χ1n) is 11.7. The van der Waals surface area contributed by atoms with Gasteiger partial charge in [-0.05, 0) is 42.5 Å². The third-order valence-electron chi connectivity index (χ3n) is 7.50. The minimum absolute atomic E-state index is 0.0174. The molecule has 11 nitrogen and oxygen atoms in total. The van der Waals surface area contributed by atoms with Gasteiger partial charge in [0, 0.05) is 41.5 Å². The number of carbonyl (C=O) groups excluding carboxylic acids is 3. The third-order valence-corrected chi connectivity index (χ3v) is 8.33. The monoisotopic (exact) mass is 540 g/mol. The maximum atomic E-state index is 13.9. The fourth-order valence-corrected chi connectivity index (χ4v) is 6.67. The third kappa shape index (κ3) is 3.71. The van der Waals surface area contributed by atoms with Gasteiger partial charge in [-0.25, -0.2) is 8.42 Å². The highest BCUT2D eigenvalue weighted by Gasteiger charge is 2.59. The van der Waals surface area contributed by atoms with Gasteiger partial charge in [0.15, 0.2) is 21.2 Å². The number of aromatic nitrogens is 1. The van der Waals surface area contributed by atoms with Crippen LogP contribution in [0.5, 0.6) is 5.75 Å². The highest BCUT2D eigenvalue weighted by molar-refractivity contribution is 7.89. The lowest BCUT2D eigenvalue weighted by Crippen LogP contribution is -2.57. The maximum absolute atomic E-state index is 13.9. The summed E-state index contributed by atoms with van der Waals surface area (Å²) in [4.78, 5) is 43.1. The number of Topliss-reactive ketones (excluding diaryl/α,β-unsaturated/α-hetero) is 2. The first kappa shape index (κ1) is 25.6. The van der Waals surface area contributed by atoms with E-state index in [0.717, 1.165) is 6.26 Å². The van der Waals surface area contributed by atoms with Gasteiger partial charge in [0.2, 0.25) is 5.78 Å². The molecule has 38 heavy (non-hydrogen) atoms. The standard InChI is InChI=1S/C26H24N2O9S/c1-38(36,37)10-12-8-14(16-4-2-3-5-28-16)15-7-11-6-13-9-17(29)20(25(27)34)24(33)26(13,35)23(32)18(11)22(31)19(15)21(12)30/h2-5,8,11,13,29-30,32,35H,6-7,9-10H2,1H3,(H2,27,34)/t11-,13+,26+/m1/s1. The number of fused-ring (bicyclic) bond motifs is 3. The molecule has 0 bridgehead atoms. The molecule has 3 atom stereocenters. The zero-order valence-corrected chi connectivity index (χ0v) is 20.9. The number of ketones is 2. The van der Waals surface area contributed by atoms with E-state index in [1.165, 1.54) is 12.3 Å². The van der Waals surface area contributed by atoms with E-state index in [1.54, 1.807) is 18.2 Å². The molecule has 6 N–H and O–H groups in total. The number of hydrogen-bond acceptors (Lipinski definition) is 10. The smallest absolute Gasteiger partial charge is 0.255 e. The van der Waals surface area contributed by atoms with Gasteiger partial charge in [-0.3, -0.25) is 19.4 Å². The number of nitrogens with zero attached hydrogens (tertiary/aromatic N) is 1. The quantitative estimate of drug-likeness (QED) is 0.350. The van der Waals surface area contributed by atoms with Crippen LogP contribution >= 0.6 is 0 Å². The number of primary amides is 1. The van der Waals surface area contributed by atoms with Crippen molar-refractivity contribution in [3.8, 4) is 17.0 Å². The van der Waals surface area contributed by atoms with Crippen LogP contribution in [0.25, 0.3) is 11.3 Å². The van der Waals surface area contributed by atoms with Gasteiger partial charge in [-0.15, -0.1) is 0 Å². The van der Waals surface area contributed by atoms with Gasteiger partial charge in [-0.1, -0.05) is 6.07 Å². The summed E-state index contributed by atoms with van der Waals surface area (Å²) in [5, 5.41) is 43.9. The number of phenolic OH excluding ortho intramolecular Hbond substituents is 1. The molecule has 3 aliphatic carbocycles. The minimum atomic E-state index is -3.64. The first-order valence-corrected chi connectivity index (χ1v) is 13.8. The number of aromatic hydroxyl groups is 1. The van der Waals surface area contributed by atoms with Crippen LogP contribution in [0.1, 0.15) is 34.3 Å². The predicted octanol–water partition coefficient (Wildman–Crippen LogP) is 1.19. The number of hydrogen-bond donors (Lipinski definition) is 5. The van der Waals surface area contributed by atoms with Gasteiger partial charge >= 0.3 is 0 Å². The molecular formula is C26H24N2O9S. The number of nitrogens with two attached hydrogens (primary N) is 1. The zero-order valence-electron chi connectivity index (χ0n) is 20.1. The molecule has 198 valence electrons. The van der Waals surface area contributed by atoms with Crippen LogP contribution in [-0.4, -0.2) is 63.2 Å². The van der Waals surface area contributed by atoms with Crippen LogP contribution in [0.2, 0.25) is 0 Å². The summed E-state index contributed by atoms with van der Waals surface area (Å²) in [7, 11) is -3.64. The van der Waals surface area contributed by atoms with Crippen molar-refractivity contribution in [2.24, 2.45) is 17.6 Å². The van der Waals surface area contributed by atoms with Crippen LogP contribution in [0.3, 0.4) is 0 Å². The second-order valence-electron chi connectivity index (χ2n) is 9.98. The summed E-state index contributed by atoms with van der Waals surface area (Å²) in [6.07, 6.45) is 2.22. The number of sulfone groups is 1. The van der Waals surface area contributed by atoms with Crippen molar-refractivity contribution in [2.75, 3.05) is 6.26 Å². The molecule has 1 heterocycles. The minimum Gasteiger partial charge on any atom is -0.511 e. The van der Waals surface area contributed by atoms with Gasteiger partial charge in [-0.2, -0.15) is 0 Å².